The number of benzene rings is 1. The molecule has 0 aliphatic carbocycles. The lowest BCUT2D eigenvalue weighted by Gasteiger charge is -2.30. The molecule has 0 bridgehead atoms. The first kappa shape index (κ1) is 25.6. The van der Waals surface area contributed by atoms with Gasteiger partial charge in [0.2, 0.25) is 0 Å². The summed E-state index contributed by atoms with van der Waals surface area (Å²) in [6.07, 6.45) is 0.544. The molecule has 2 saturated heterocycles. The molecule has 31 heavy (non-hydrogen) atoms. The van der Waals surface area contributed by atoms with Gasteiger partial charge in [0.25, 0.3) is 0 Å². The summed E-state index contributed by atoms with van der Waals surface area (Å²) < 4.78 is 13.4. The summed E-state index contributed by atoms with van der Waals surface area (Å²) in [5.41, 5.74) is 1.95. The van der Waals surface area contributed by atoms with Gasteiger partial charge in [-0.2, -0.15) is 5.26 Å². The van der Waals surface area contributed by atoms with Crippen molar-refractivity contribution in [2.75, 3.05) is 58.4 Å². The lowest BCUT2D eigenvalue weighted by molar-refractivity contribution is -0.168. The molecular formula is C21H32N4O5S. The van der Waals surface area contributed by atoms with Gasteiger partial charge in [-0.15, -0.1) is 0 Å². The Kier molecular flexibility index (Phi) is 11.9. The van der Waals surface area contributed by atoms with Crippen molar-refractivity contribution in [2.24, 2.45) is 0 Å². The van der Waals surface area contributed by atoms with E-state index in [2.05, 4.69) is 21.0 Å². The highest BCUT2D eigenvalue weighted by atomic mass is 32.2. The summed E-state index contributed by atoms with van der Waals surface area (Å²) in [4.78, 5) is 2.84. The van der Waals surface area contributed by atoms with Crippen LogP contribution in [0.25, 0.3) is 6.08 Å². The van der Waals surface area contributed by atoms with Crippen LogP contribution >= 0.6 is 11.9 Å². The largest absolute Gasteiger partial charge is 0.400 e. The van der Waals surface area contributed by atoms with E-state index in [1.807, 2.05) is 24.3 Å². The lowest BCUT2D eigenvalue weighted by atomic mass is 10.1. The molecule has 2 aliphatic heterocycles. The third-order valence-corrected chi connectivity index (χ3v) is 5.68. The number of anilines is 1. The predicted molar refractivity (Wildman–Crippen MR) is 121 cm³/mol. The minimum Gasteiger partial charge on any atom is -0.400 e. The summed E-state index contributed by atoms with van der Waals surface area (Å²) in [5, 5.41) is 39.3. The van der Waals surface area contributed by atoms with E-state index in [9.17, 15) is 15.5 Å². The molecule has 3 unspecified atom stereocenters. The van der Waals surface area contributed by atoms with Gasteiger partial charge in [-0.05, 0) is 42.1 Å². The van der Waals surface area contributed by atoms with Gasteiger partial charge in [-0.1, -0.05) is 12.1 Å². The van der Waals surface area contributed by atoms with Crippen LogP contribution < -0.4 is 10.0 Å². The van der Waals surface area contributed by atoms with Crippen molar-refractivity contribution < 1.29 is 24.8 Å². The Morgan fingerprint density at radius 1 is 1.26 bits per heavy atom. The Balaban J connectivity index is 0.00000166. The van der Waals surface area contributed by atoms with E-state index in [0.29, 0.717) is 11.3 Å². The van der Waals surface area contributed by atoms with Crippen LogP contribution in [0.1, 0.15) is 12.0 Å². The van der Waals surface area contributed by atoms with Gasteiger partial charge in [0, 0.05) is 39.0 Å². The zero-order valence-electron chi connectivity index (χ0n) is 17.7. The molecule has 0 spiro atoms. The number of hydrogen-bond donors (Lipinski definition) is 5. The second kappa shape index (κ2) is 14.4. The SMILES string of the molecule is CO.N#C/C(=C\c1ccc(NCCN2CCOCC2)cc1)SNC1CC(O)COC1O. The summed E-state index contributed by atoms with van der Waals surface area (Å²) in [6.45, 7) is 5.56. The Morgan fingerprint density at radius 2 is 1.97 bits per heavy atom. The second-order valence-electron chi connectivity index (χ2n) is 7.06. The number of aliphatic hydroxyl groups is 3. The quantitative estimate of drug-likeness (QED) is 0.282. The third kappa shape index (κ3) is 9.14. The smallest absolute Gasteiger partial charge is 0.171 e. The molecule has 1 aromatic carbocycles. The molecule has 3 atom stereocenters. The monoisotopic (exact) mass is 452 g/mol. The summed E-state index contributed by atoms with van der Waals surface area (Å²) in [7, 11) is 1.00. The third-order valence-electron chi connectivity index (χ3n) is 4.83. The highest BCUT2D eigenvalue weighted by molar-refractivity contribution is 8.01. The molecule has 0 aromatic heterocycles. The summed E-state index contributed by atoms with van der Waals surface area (Å²) in [5.74, 6) is 0. The van der Waals surface area contributed by atoms with E-state index in [-0.39, 0.29) is 6.61 Å². The van der Waals surface area contributed by atoms with Crippen molar-refractivity contribution in [3.8, 4) is 6.07 Å². The van der Waals surface area contributed by atoms with Gasteiger partial charge >= 0.3 is 0 Å². The van der Waals surface area contributed by atoms with Gasteiger partial charge in [0.15, 0.2) is 6.29 Å². The maximum absolute atomic E-state index is 9.82. The molecule has 2 aliphatic rings. The Bertz CT molecular complexity index is 707. The number of allylic oxidation sites excluding steroid dienone is 1. The lowest BCUT2D eigenvalue weighted by Crippen LogP contribution is -2.46. The van der Waals surface area contributed by atoms with Crippen molar-refractivity contribution in [2.45, 2.75) is 24.9 Å². The number of rotatable bonds is 8. The van der Waals surface area contributed by atoms with Crippen LogP contribution in [-0.2, 0) is 9.47 Å². The summed E-state index contributed by atoms with van der Waals surface area (Å²) in [6, 6.07) is 9.61. The van der Waals surface area contributed by atoms with E-state index >= 15 is 0 Å². The van der Waals surface area contributed by atoms with Crippen molar-refractivity contribution >= 4 is 23.7 Å². The average Bonchev–Trinajstić information content (AvgIpc) is 2.81. The predicted octanol–water partition coefficient (Wildman–Crippen LogP) is 0.610. The number of nitrogens with zero attached hydrogens (tertiary/aromatic N) is 2. The van der Waals surface area contributed by atoms with Crippen molar-refractivity contribution in [1.82, 2.24) is 9.62 Å². The Labute approximate surface area is 187 Å². The second-order valence-corrected chi connectivity index (χ2v) is 7.94. The minimum atomic E-state index is -0.992. The van der Waals surface area contributed by atoms with Crippen molar-refractivity contribution in [3.05, 3.63) is 34.7 Å². The first-order chi connectivity index (χ1) is 15.1. The zero-order valence-corrected chi connectivity index (χ0v) is 18.6. The van der Waals surface area contributed by atoms with Gasteiger partial charge in [0.05, 0.1) is 32.0 Å². The van der Waals surface area contributed by atoms with Crippen LogP contribution in [-0.4, -0.2) is 91.8 Å². The maximum atomic E-state index is 9.82. The fourth-order valence-corrected chi connectivity index (χ4v) is 3.90. The van der Waals surface area contributed by atoms with Crippen LogP contribution in [0, 0.1) is 11.3 Å². The summed E-state index contributed by atoms with van der Waals surface area (Å²) >= 11 is 1.13. The Morgan fingerprint density at radius 3 is 2.65 bits per heavy atom. The molecule has 0 amide bonds. The van der Waals surface area contributed by atoms with E-state index in [1.54, 1.807) is 6.08 Å². The van der Waals surface area contributed by atoms with Gasteiger partial charge in [-0.3, -0.25) is 9.62 Å². The fraction of sp³-hybridized carbons (Fsp3) is 0.571. The molecule has 1 aromatic rings. The van der Waals surface area contributed by atoms with Crippen molar-refractivity contribution in [1.29, 1.82) is 5.26 Å². The standard InChI is InChI=1S/C20H28N4O4S.CH4O/c21-13-18(29-23-19-12-17(25)14-28-20(19)26)11-15-1-3-16(4-2-15)22-5-6-24-7-9-27-10-8-24;1-2/h1-4,11,17,19-20,22-23,25-26H,5-10,12,14H2;2H,1H3/b18-11+;. The number of aliphatic hydroxyl groups excluding tert-OH is 3. The molecule has 0 saturated carbocycles. The molecule has 172 valence electrons. The first-order valence-corrected chi connectivity index (χ1v) is 11.1. The van der Waals surface area contributed by atoms with Crippen LogP contribution in [0.2, 0.25) is 0 Å². The molecule has 3 rings (SSSR count). The van der Waals surface area contributed by atoms with Crippen LogP contribution in [0.4, 0.5) is 5.69 Å². The zero-order chi connectivity index (χ0) is 22.5. The van der Waals surface area contributed by atoms with Crippen molar-refractivity contribution in [3.63, 3.8) is 0 Å². The fourth-order valence-electron chi connectivity index (χ4n) is 3.17. The number of morpholine rings is 1. The molecule has 5 N–H and O–H groups in total. The molecule has 2 fully saturated rings. The topological polar surface area (TPSA) is 130 Å². The molecular weight excluding hydrogens is 420 g/mol. The molecule has 2 heterocycles. The molecule has 10 heteroatoms. The first-order valence-electron chi connectivity index (χ1n) is 10.2. The van der Waals surface area contributed by atoms with Gasteiger partial charge < -0.3 is 30.1 Å². The number of hydrogen-bond acceptors (Lipinski definition) is 10. The van der Waals surface area contributed by atoms with Gasteiger partial charge in [0.1, 0.15) is 11.0 Å². The van der Waals surface area contributed by atoms with E-state index in [0.717, 1.165) is 69.7 Å². The normalized spacial score (nSPS) is 24.6. The van der Waals surface area contributed by atoms with Crippen LogP contribution in [0.3, 0.4) is 0 Å². The minimum absolute atomic E-state index is 0.123. The highest BCUT2D eigenvalue weighted by Gasteiger charge is 2.29. The average molecular weight is 453 g/mol. The van der Waals surface area contributed by atoms with Gasteiger partial charge in [-0.25, -0.2) is 0 Å². The van der Waals surface area contributed by atoms with E-state index in [1.165, 1.54) is 0 Å². The van der Waals surface area contributed by atoms with E-state index < -0.39 is 18.4 Å². The van der Waals surface area contributed by atoms with Crippen LogP contribution in [0.5, 0.6) is 0 Å². The molecule has 0 radical (unpaired) electrons. The molecule has 9 nitrogen and oxygen atoms in total. The number of ether oxygens (including phenoxy) is 2. The number of nitrogens with one attached hydrogen (secondary N) is 2. The Hall–Kier alpha value is -1.68. The number of nitriles is 1. The van der Waals surface area contributed by atoms with E-state index in [4.69, 9.17) is 14.6 Å². The maximum Gasteiger partial charge on any atom is 0.171 e. The highest BCUT2D eigenvalue weighted by Crippen LogP contribution is 2.21. The van der Waals surface area contributed by atoms with Crippen LogP contribution in [0.15, 0.2) is 29.2 Å².